The predicted molar refractivity (Wildman–Crippen MR) is 35.9 cm³/mol. The van der Waals surface area contributed by atoms with Crippen LogP contribution in [0, 0.1) is 0 Å². The molecule has 0 saturated carbocycles. The first kappa shape index (κ1) is 8.26. The Bertz CT molecular complexity index is 100. The van der Waals surface area contributed by atoms with E-state index < -0.39 is 0 Å². The molecule has 0 spiro atoms. The van der Waals surface area contributed by atoms with Gasteiger partial charge in [-0.1, -0.05) is 0 Å². The summed E-state index contributed by atoms with van der Waals surface area (Å²) >= 11 is 0. The summed E-state index contributed by atoms with van der Waals surface area (Å²) in [6.45, 7) is 0.0656. The van der Waals surface area contributed by atoms with E-state index in [4.69, 9.17) is 16.7 Å². The van der Waals surface area contributed by atoms with Gasteiger partial charge >= 0.3 is 0 Å². The van der Waals surface area contributed by atoms with Gasteiger partial charge in [-0.2, -0.15) is 0 Å². The highest BCUT2D eigenvalue weighted by Gasteiger charge is 1.87. The van der Waals surface area contributed by atoms with E-state index >= 15 is 0 Å². The lowest BCUT2D eigenvalue weighted by molar-refractivity contribution is 0.297. The third kappa shape index (κ3) is 5.13. The highest BCUT2D eigenvalue weighted by atomic mass is 16.3. The molecule has 0 amide bonds. The average Bonchev–Trinajstić information content (AvgIpc) is 1.63. The van der Waals surface area contributed by atoms with Gasteiger partial charge in [0.25, 0.3) is 0 Å². The zero-order valence-corrected chi connectivity index (χ0v) is 5.54. The van der Waals surface area contributed by atoms with Crippen LogP contribution in [0.4, 0.5) is 0 Å². The minimum absolute atomic E-state index is 0.0656. The van der Waals surface area contributed by atoms with Crippen molar-refractivity contribution < 1.29 is 5.11 Å². The number of rotatable bonds is 3. The van der Waals surface area contributed by atoms with Crippen molar-refractivity contribution in [2.45, 2.75) is 6.42 Å². The summed E-state index contributed by atoms with van der Waals surface area (Å²) in [7, 11) is 1.67. The molecule has 0 fully saturated rings. The Hall–Kier alpha value is -0.740. The lowest BCUT2D eigenvalue weighted by Crippen LogP contribution is -2.21. The minimum Gasteiger partial charge on any atom is -0.401 e. The molecule has 0 bridgehead atoms. The van der Waals surface area contributed by atoms with Gasteiger partial charge in [0.1, 0.15) is 0 Å². The second kappa shape index (κ2) is 4.17. The maximum Gasteiger partial charge on any atom is 0.0486 e. The first-order chi connectivity index (χ1) is 4.16. The van der Waals surface area contributed by atoms with Crippen LogP contribution >= 0.6 is 0 Å². The molecule has 0 aliphatic heterocycles. The van der Waals surface area contributed by atoms with Crippen LogP contribution in [-0.2, 0) is 0 Å². The van der Waals surface area contributed by atoms with E-state index in [2.05, 4.69) is 0 Å². The van der Waals surface area contributed by atoms with Gasteiger partial charge in [-0.05, 0) is 0 Å². The SMILES string of the molecule is CN(N)/C=C(\N)CCO. The summed E-state index contributed by atoms with van der Waals surface area (Å²) in [5.41, 5.74) is 5.95. The molecule has 9 heavy (non-hydrogen) atoms. The van der Waals surface area contributed by atoms with Crippen molar-refractivity contribution in [2.24, 2.45) is 11.6 Å². The molecule has 0 aromatic heterocycles. The molecule has 0 rings (SSSR count). The van der Waals surface area contributed by atoms with Crippen molar-refractivity contribution in [2.75, 3.05) is 13.7 Å². The van der Waals surface area contributed by atoms with E-state index in [-0.39, 0.29) is 6.61 Å². The monoisotopic (exact) mass is 131 g/mol. The predicted octanol–water partition coefficient (Wildman–Crippen LogP) is -1.03. The molecule has 0 aromatic rings. The normalized spacial score (nSPS) is 11.7. The fraction of sp³-hybridized carbons (Fsp3) is 0.600. The summed E-state index contributed by atoms with van der Waals surface area (Å²) in [6.07, 6.45) is 2.04. The van der Waals surface area contributed by atoms with Gasteiger partial charge in [-0.3, -0.25) is 0 Å². The fourth-order valence-corrected chi connectivity index (χ4v) is 0.455. The van der Waals surface area contributed by atoms with Crippen LogP contribution in [0.25, 0.3) is 0 Å². The van der Waals surface area contributed by atoms with Crippen LogP contribution in [0.2, 0.25) is 0 Å². The smallest absolute Gasteiger partial charge is 0.0486 e. The van der Waals surface area contributed by atoms with Crippen LogP contribution in [-0.4, -0.2) is 23.8 Å². The van der Waals surface area contributed by atoms with E-state index in [1.807, 2.05) is 0 Å². The van der Waals surface area contributed by atoms with Gasteiger partial charge in [0.2, 0.25) is 0 Å². The molecule has 5 N–H and O–H groups in total. The number of hydrazine groups is 1. The first-order valence-electron chi connectivity index (χ1n) is 2.71. The Balaban J connectivity index is 3.55. The maximum atomic E-state index is 8.37. The Morgan fingerprint density at radius 1 is 1.78 bits per heavy atom. The number of hydrogen-bond donors (Lipinski definition) is 3. The second-order valence-electron chi connectivity index (χ2n) is 1.84. The zero-order valence-electron chi connectivity index (χ0n) is 5.54. The summed E-state index contributed by atoms with van der Waals surface area (Å²) in [6, 6.07) is 0. The van der Waals surface area contributed by atoms with Crippen molar-refractivity contribution in [3.8, 4) is 0 Å². The van der Waals surface area contributed by atoms with E-state index in [9.17, 15) is 0 Å². The number of aliphatic hydroxyl groups excluding tert-OH is 1. The molecule has 54 valence electrons. The Morgan fingerprint density at radius 2 is 2.33 bits per heavy atom. The van der Waals surface area contributed by atoms with Gasteiger partial charge in [0.15, 0.2) is 0 Å². The topological polar surface area (TPSA) is 75.5 Å². The van der Waals surface area contributed by atoms with Gasteiger partial charge in [-0.15, -0.1) is 0 Å². The molecule has 0 unspecified atom stereocenters. The van der Waals surface area contributed by atoms with Gasteiger partial charge in [0, 0.05) is 32.0 Å². The van der Waals surface area contributed by atoms with Crippen LogP contribution in [0.15, 0.2) is 11.9 Å². The third-order valence-electron chi connectivity index (χ3n) is 0.770. The summed E-state index contributed by atoms with van der Waals surface area (Å²) in [5.74, 6) is 5.22. The molecule has 0 radical (unpaired) electrons. The fourth-order valence-electron chi connectivity index (χ4n) is 0.455. The zero-order chi connectivity index (χ0) is 7.28. The van der Waals surface area contributed by atoms with Crippen molar-refractivity contribution in [3.05, 3.63) is 11.9 Å². The maximum absolute atomic E-state index is 8.37. The lowest BCUT2D eigenvalue weighted by Gasteiger charge is -2.05. The van der Waals surface area contributed by atoms with Gasteiger partial charge in [-0.25, -0.2) is 5.84 Å². The van der Waals surface area contributed by atoms with Crippen LogP contribution < -0.4 is 11.6 Å². The van der Waals surface area contributed by atoms with Gasteiger partial charge < -0.3 is 15.8 Å². The minimum atomic E-state index is 0.0656. The van der Waals surface area contributed by atoms with Crippen molar-refractivity contribution in [1.82, 2.24) is 5.01 Å². The molecule has 4 heteroatoms. The summed E-state index contributed by atoms with van der Waals surface area (Å²) in [4.78, 5) is 0. The van der Waals surface area contributed by atoms with E-state index in [0.717, 1.165) is 0 Å². The first-order valence-corrected chi connectivity index (χ1v) is 2.71. The van der Waals surface area contributed by atoms with Crippen molar-refractivity contribution >= 4 is 0 Å². The highest BCUT2D eigenvalue weighted by Crippen LogP contribution is 1.89. The van der Waals surface area contributed by atoms with E-state index in [0.29, 0.717) is 12.1 Å². The number of nitrogens with zero attached hydrogens (tertiary/aromatic N) is 1. The highest BCUT2D eigenvalue weighted by molar-refractivity contribution is 4.93. The Labute approximate surface area is 54.7 Å². The third-order valence-corrected chi connectivity index (χ3v) is 0.770. The van der Waals surface area contributed by atoms with E-state index in [1.54, 1.807) is 13.2 Å². The number of hydrogen-bond acceptors (Lipinski definition) is 4. The molecule has 0 atom stereocenters. The van der Waals surface area contributed by atoms with Crippen LogP contribution in [0.1, 0.15) is 6.42 Å². The van der Waals surface area contributed by atoms with Crippen molar-refractivity contribution in [1.29, 1.82) is 0 Å². The number of aliphatic hydroxyl groups is 1. The summed E-state index contributed by atoms with van der Waals surface area (Å²) in [5, 5.41) is 9.72. The molecule has 0 aliphatic carbocycles. The summed E-state index contributed by atoms with van der Waals surface area (Å²) < 4.78 is 0. The molecule has 0 aromatic carbocycles. The average molecular weight is 131 g/mol. The Kier molecular flexibility index (Phi) is 3.83. The molecular weight excluding hydrogens is 118 g/mol. The van der Waals surface area contributed by atoms with Crippen LogP contribution in [0.3, 0.4) is 0 Å². The molecular formula is C5H13N3O. The quantitative estimate of drug-likeness (QED) is 0.338. The Morgan fingerprint density at radius 3 is 2.67 bits per heavy atom. The van der Waals surface area contributed by atoms with E-state index in [1.165, 1.54) is 5.01 Å². The largest absolute Gasteiger partial charge is 0.401 e. The standard InChI is InChI=1S/C5H13N3O/c1-8(7)4-5(6)2-3-9/h4,9H,2-3,6-7H2,1H3/b5-4-. The number of nitrogens with two attached hydrogens (primary N) is 2. The van der Waals surface area contributed by atoms with Gasteiger partial charge in [0.05, 0.1) is 0 Å². The molecule has 4 nitrogen and oxygen atoms in total. The van der Waals surface area contributed by atoms with Crippen molar-refractivity contribution in [3.63, 3.8) is 0 Å². The molecule has 0 saturated heterocycles. The molecule has 0 aliphatic rings. The lowest BCUT2D eigenvalue weighted by atomic mass is 10.3. The second-order valence-corrected chi connectivity index (χ2v) is 1.84. The van der Waals surface area contributed by atoms with Crippen LogP contribution in [0.5, 0.6) is 0 Å². The molecule has 0 heterocycles.